The zero-order chi connectivity index (χ0) is 18.4. The van der Waals surface area contributed by atoms with Crippen molar-refractivity contribution in [2.24, 2.45) is 0 Å². The normalized spacial score (nSPS) is 10.4. The molecule has 0 radical (unpaired) electrons. The van der Waals surface area contributed by atoms with Gasteiger partial charge in [-0.25, -0.2) is 4.79 Å². The average molecular weight is 385 g/mol. The van der Waals surface area contributed by atoms with Gasteiger partial charge in [0.05, 0.1) is 10.7 Å². The predicted octanol–water partition coefficient (Wildman–Crippen LogP) is 4.17. The van der Waals surface area contributed by atoms with E-state index < -0.39 is 6.03 Å². The molecule has 2 aromatic rings. The lowest BCUT2D eigenvalue weighted by molar-refractivity contribution is -0.116. The quantitative estimate of drug-likeness (QED) is 0.781. The van der Waals surface area contributed by atoms with E-state index in [0.29, 0.717) is 40.3 Å². The number of carbonyl (C=O) groups excluding carboxylic acids is 2. The highest BCUT2D eigenvalue weighted by atomic mass is 35.5. The summed E-state index contributed by atoms with van der Waals surface area (Å²) in [6.45, 7) is 3.91. The van der Waals surface area contributed by atoms with E-state index in [0.717, 1.165) is 0 Å². The minimum atomic E-state index is -0.433. The first-order valence-electron chi connectivity index (χ1n) is 7.63. The number of amides is 3. The molecule has 0 atom stereocenters. The number of aryl methyl sites for hydroxylation is 1. The Kier molecular flexibility index (Phi) is 6.66. The van der Waals surface area contributed by atoms with E-state index in [4.69, 9.17) is 27.7 Å². The van der Waals surface area contributed by atoms with Crippen molar-refractivity contribution >= 4 is 46.6 Å². The topological polar surface area (TPSA) is 87.5 Å². The predicted molar refractivity (Wildman–Crippen MR) is 97.2 cm³/mol. The van der Waals surface area contributed by atoms with Crippen molar-refractivity contribution in [3.63, 3.8) is 0 Å². The van der Waals surface area contributed by atoms with Gasteiger partial charge >= 0.3 is 6.03 Å². The van der Waals surface area contributed by atoms with Gasteiger partial charge in [0.15, 0.2) is 5.82 Å². The fourth-order valence-corrected chi connectivity index (χ4v) is 2.54. The molecule has 2 N–H and O–H groups in total. The van der Waals surface area contributed by atoms with Gasteiger partial charge in [0.1, 0.15) is 12.3 Å². The lowest BCUT2D eigenvalue weighted by atomic mass is 10.3. The summed E-state index contributed by atoms with van der Waals surface area (Å²) < 4.78 is 4.88. The molecule has 0 aliphatic rings. The Morgan fingerprint density at radius 3 is 2.60 bits per heavy atom. The first-order chi connectivity index (χ1) is 11.9. The van der Waals surface area contributed by atoms with Crippen LogP contribution in [0.3, 0.4) is 0 Å². The van der Waals surface area contributed by atoms with E-state index >= 15 is 0 Å². The van der Waals surface area contributed by atoms with Crippen molar-refractivity contribution in [2.45, 2.75) is 20.3 Å². The number of urea groups is 1. The first-order valence-corrected chi connectivity index (χ1v) is 8.38. The maximum absolute atomic E-state index is 12.4. The van der Waals surface area contributed by atoms with Crippen molar-refractivity contribution in [3.05, 3.63) is 40.1 Å². The molecule has 0 spiro atoms. The van der Waals surface area contributed by atoms with Crippen LogP contribution in [0.1, 0.15) is 19.1 Å². The molecular formula is C16H18Cl2N4O3. The van der Waals surface area contributed by atoms with E-state index in [1.807, 2.05) is 6.92 Å². The molecule has 3 amide bonds. The van der Waals surface area contributed by atoms with Crippen LogP contribution in [0.15, 0.2) is 28.8 Å². The zero-order valence-electron chi connectivity index (χ0n) is 13.8. The molecular weight excluding hydrogens is 367 g/mol. The number of nitrogens with one attached hydrogen (secondary N) is 2. The molecule has 0 aliphatic carbocycles. The minimum Gasteiger partial charge on any atom is -0.360 e. The smallest absolute Gasteiger partial charge is 0.322 e. The van der Waals surface area contributed by atoms with Crippen molar-refractivity contribution in [1.82, 2.24) is 10.1 Å². The highest BCUT2D eigenvalue weighted by Gasteiger charge is 2.18. The zero-order valence-corrected chi connectivity index (χ0v) is 15.3. The molecule has 0 fully saturated rings. The van der Waals surface area contributed by atoms with Gasteiger partial charge in [-0.05, 0) is 31.5 Å². The van der Waals surface area contributed by atoms with Crippen LogP contribution < -0.4 is 10.6 Å². The molecule has 25 heavy (non-hydrogen) atoms. The van der Waals surface area contributed by atoms with Crippen molar-refractivity contribution in [2.75, 3.05) is 23.7 Å². The van der Waals surface area contributed by atoms with Crippen LogP contribution in [0.5, 0.6) is 0 Å². The summed E-state index contributed by atoms with van der Waals surface area (Å²) in [5.74, 6) is 0.509. The molecule has 0 saturated carbocycles. The van der Waals surface area contributed by atoms with E-state index in [-0.39, 0.29) is 12.5 Å². The molecule has 2 rings (SSSR count). The van der Waals surface area contributed by atoms with Gasteiger partial charge in [-0.3, -0.25) is 4.79 Å². The highest BCUT2D eigenvalue weighted by Crippen LogP contribution is 2.25. The fraction of sp³-hybridized carbons (Fsp3) is 0.312. The Labute approximate surface area is 155 Å². The summed E-state index contributed by atoms with van der Waals surface area (Å²) in [5, 5.41) is 9.73. The summed E-state index contributed by atoms with van der Waals surface area (Å²) in [4.78, 5) is 25.9. The highest BCUT2D eigenvalue weighted by molar-refractivity contribution is 6.36. The lowest BCUT2D eigenvalue weighted by Gasteiger charge is -2.22. The van der Waals surface area contributed by atoms with Crippen LogP contribution in [-0.2, 0) is 4.79 Å². The van der Waals surface area contributed by atoms with E-state index in [9.17, 15) is 9.59 Å². The van der Waals surface area contributed by atoms with E-state index in [2.05, 4.69) is 15.8 Å². The first kappa shape index (κ1) is 19.1. The lowest BCUT2D eigenvalue weighted by Crippen LogP contribution is -2.41. The summed E-state index contributed by atoms with van der Waals surface area (Å²) in [6, 6.07) is 5.91. The number of rotatable bonds is 6. The molecule has 134 valence electrons. The second-order valence-electron chi connectivity index (χ2n) is 5.35. The number of benzene rings is 1. The Bertz CT molecular complexity index is 764. The van der Waals surface area contributed by atoms with Crippen molar-refractivity contribution < 1.29 is 14.1 Å². The molecule has 0 bridgehead atoms. The van der Waals surface area contributed by atoms with Crippen LogP contribution in [0.2, 0.25) is 10.0 Å². The largest absolute Gasteiger partial charge is 0.360 e. The van der Waals surface area contributed by atoms with E-state index in [1.54, 1.807) is 25.1 Å². The van der Waals surface area contributed by atoms with Crippen LogP contribution in [-0.4, -0.2) is 35.1 Å². The fourth-order valence-electron chi connectivity index (χ4n) is 2.09. The minimum absolute atomic E-state index is 0.128. The Morgan fingerprint density at radius 1 is 1.24 bits per heavy atom. The molecule has 0 unspecified atom stereocenters. The summed E-state index contributed by atoms with van der Waals surface area (Å²) in [5.41, 5.74) is 0.421. The Morgan fingerprint density at radius 2 is 2.00 bits per heavy atom. The number of halogens is 2. The molecule has 7 nitrogen and oxygen atoms in total. The third-order valence-corrected chi connectivity index (χ3v) is 3.73. The van der Waals surface area contributed by atoms with Gasteiger partial charge in [0.25, 0.3) is 0 Å². The number of aromatic nitrogens is 1. The second-order valence-corrected chi connectivity index (χ2v) is 6.19. The van der Waals surface area contributed by atoms with Gasteiger partial charge in [-0.1, -0.05) is 35.3 Å². The number of hydrogen-bond acceptors (Lipinski definition) is 4. The standard InChI is InChI=1S/C16H18Cl2N4O3/c1-3-6-22(9-15(23)20-14-7-10(2)25-21-14)16(24)19-13-5-4-11(17)8-12(13)18/h4-5,7-8H,3,6,9H2,1-2H3,(H,19,24)(H,20,21,23). The average Bonchev–Trinajstić information content (AvgIpc) is 2.94. The second kappa shape index (κ2) is 8.73. The molecule has 1 aromatic carbocycles. The number of hydrogen-bond donors (Lipinski definition) is 2. The van der Waals surface area contributed by atoms with Crippen molar-refractivity contribution in [3.8, 4) is 0 Å². The van der Waals surface area contributed by atoms with Gasteiger partial charge in [0.2, 0.25) is 5.91 Å². The third kappa shape index (κ3) is 5.65. The molecule has 0 saturated heterocycles. The van der Waals surface area contributed by atoms with Crippen molar-refractivity contribution in [1.29, 1.82) is 0 Å². The van der Waals surface area contributed by atoms with Gasteiger partial charge in [-0.2, -0.15) is 0 Å². The monoisotopic (exact) mass is 384 g/mol. The number of anilines is 2. The molecule has 9 heteroatoms. The Balaban J connectivity index is 2.00. The molecule has 1 heterocycles. The Hall–Kier alpha value is -2.25. The van der Waals surface area contributed by atoms with Crippen LogP contribution in [0.4, 0.5) is 16.3 Å². The maximum Gasteiger partial charge on any atom is 0.322 e. The summed E-state index contributed by atoms with van der Waals surface area (Å²) in [7, 11) is 0. The molecule has 1 aromatic heterocycles. The maximum atomic E-state index is 12.4. The van der Waals surface area contributed by atoms with Crippen LogP contribution in [0, 0.1) is 6.92 Å². The number of carbonyl (C=O) groups is 2. The molecule has 0 aliphatic heterocycles. The van der Waals surface area contributed by atoms with Gasteiger partial charge in [0, 0.05) is 17.6 Å². The SMILES string of the molecule is CCCN(CC(=O)Nc1cc(C)on1)C(=O)Nc1ccc(Cl)cc1Cl. The van der Waals surface area contributed by atoms with Gasteiger partial charge in [-0.15, -0.1) is 0 Å². The summed E-state index contributed by atoms with van der Waals surface area (Å²) >= 11 is 11.9. The number of nitrogens with zero attached hydrogens (tertiary/aromatic N) is 2. The van der Waals surface area contributed by atoms with Crippen LogP contribution >= 0.6 is 23.2 Å². The summed E-state index contributed by atoms with van der Waals surface area (Å²) in [6.07, 6.45) is 0.693. The van der Waals surface area contributed by atoms with Gasteiger partial charge < -0.3 is 20.1 Å². The third-order valence-electron chi connectivity index (χ3n) is 3.18. The van der Waals surface area contributed by atoms with Crippen LogP contribution in [0.25, 0.3) is 0 Å². The van der Waals surface area contributed by atoms with E-state index in [1.165, 1.54) is 11.0 Å².